The number of nitrogens with one attached hydrogen (secondary N) is 4. The number of allylic oxidation sites excluding steroid dienone is 2. The van der Waals surface area contributed by atoms with Crippen molar-refractivity contribution in [2.75, 3.05) is 43.1 Å². The lowest BCUT2D eigenvalue weighted by atomic mass is 9.96. The topological polar surface area (TPSA) is 102 Å². The molecule has 12 heteroatoms. The molecule has 0 unspecified atom stereocenters. The van der Waals surface area contributed by atoms with Crippen LogP contribution in [0.1, 0.15) is 35.2 Å². The molecule has 4 rings (SSSR count). The number of fused-ring (bicyclic) bond motifs is 1. The van der Waals surface area contributed by atoms with Crippen LogP contribution in [0, 0.1) is 6.92 Å². The Hall–Kier alpha value is -3.83. The highest BCUT2D eigenvalue weighted by atomic mass is 35.5. The second kappa shape index (κ2) is 12.1. The van der Waals surface area contributed by atoms with E-state index in [4.69, 9.17) is 11.6 Å². The molecular formula is C28H30ClF3N6O2. The number of hydrogen-bond donors (Lipinski definition) is 4. The minimum absolute atomic E-state index is 0.119. The first kappa shape index (κ1) is 29.2. The van der Waals surface area contributed by atoms with E-state index < -0.39 is 29.1 Å². The largest absolute Gasteiger partial charge is 0.416 e. The SMILES string of the molecule is Cc1c(Cl)cccc1NC(=O)c1cc(NC(=O)C2=CCCC=C2C(F)(F)F)cc2[nH]c(NCCCN(C)C)nc12. The van der Waals surface area contributed by atoms with Crippen LogP contribution in [0.3, 0.4) is 0 Å². The van der Waals surface area contributed by atoms with Gasteiger partial charge in [0, 0.05) is 28.5 Å². The van der Waals surface area contributed by atoms with Crippen molar-refractivity contribution in [2.24, 2.45) is 0 Å². The molecule has 0 aliphatic heterocycles. The van der Waals surface area contributed by atoms with E-state index in [1.165, 1.54) is 18.2 Å². The molecule has 0 bridgehead atoms. The van der Waals surface area contributed by atoms with Crippen LogP contribution in [0.2, 0.25) is 5.02 Å². The summed E-state index contributed by atoms with van der Waals surface area (Å²) in [5.74, 6) is -1.02. The predicted molar refractivity (Wildman–Crippen MR) is 152 cm³/mol. The van der Waals surface area contributed by atoms with Gasteiger partial charge in [0.25, 0.3) is 11.8 Å². The highest BCUT2D eigenvalue weighted by Gasteiger charge is 2.38. The Morgan fingerprint density at radius 2 is 1.85 bits per heavy atom. The van der Waals surface area contributed by atoms with E-state index >= 15 is 0 Å². The maximum absolute atomic E-state index is 13.5. The van der Waals surface area contributed by atoms with Gasteiger partial charge in [-0.3, -0.25) is 9.59 Å². The molecule has 1 heterocycles. The fourth-order valence-electron chi connectivity index (χ4n) is 4.34. The molecule has 212 valence electrons. The summed E-state index contributed by atoms with van der Waals surface area (Å²) in [6.45, 7) is 3.24. The van der Waals surface area contributed by atoms with Gasteiger partial charge in [-0.05, 0) is 76.7 Å². The normalized spacial score (nSPS) is 13.7. The van der Waals surface area contributed by atoms with Crippen molar-refractivity contribution in [3.8, 4) is 0 Å². The number of carbonyl (C=O) groups is 2. The molecule has 0 saturated carbocycles. The average Bonchev–Trinajstić information content (AvgIpc) is 3.31. The first-order chi connectivity index (χ1) is 18.9. The molecule has 0 radical (unpaired) electrons. The standard InChI is InChI=1S/C28H30ClF3N6O2/c1-16-21(29)10-6-11-22(16)35-26(40)19-14-17(34-25(39)18-8-4-5-9-20(18)28(30,31)32)15-23-24(19)37-27(36-23)33-12-7-13-38(2)3/h6,8-11,14-15H,4-5,7,12-13H2,1-3H3,(H,34,39)(H,35,40)(H2,33,36,37). The monoisotopic (exact) mass is 574 g/mol. The van der Waals surface area contributed by atoms with E-state index in [0.717, 1.165) is 19.0 Å². The molecule has 1 aliphatic rings. The fourth-order valence-corrected chi connectivity index (χ4v) is 4.51. The van der Waals surface area contributed by atoms with Crippen molar-refractivity contribution in [3.05, 3.63) is 69.8 Å². The maximum Gasteiger partial charge on any atom is 0.416 e. The third-order valence-electron chi connectivity index (χ3n) is 6.38. The zero-order chi connectivity index (χ0) is 29.0. The van der Waals surface area contributed by atoms with Crippen molar-refractivity contribution in [3.63, 3.8) is 0 Å². The second-order valence-corrected chi connectivity index (χ2v) is 10.1. The number of halogens is 4. The van der Waals surface area contributed by atoms with Gasteiger partial charge in [0.1, 0.15) is 5.52 Å². The van der Waals surface area contributed by atoms with Crippen LogP contribution in [-0.4, -0.2) is 60.0 Å². The lowest BCUT2D eigenvalue weighted by Gasteiger charge is -2.18. The Labute approximate surface area is 234 Å². The zero-order valence-corrected chi connectivity index (χ0v) is 23.1. The van der Waals surface area contributed by atoms with E-state index in [2.05, 4.69) is 30.8 Å². The molecule has 0 saturated heterocycles. The summed E-state index contributed by atoms with van der Waals surface area (Å²) in [5, 5.41) is 9.01. The Morgan fingerprint density at radius 3 is 2.58 bits per heavy atom. The molecule has 1 aliphatic carbocycles. The van der Waals surface area contributed by atoms with Crippen molar-refractivity contribution in [2.45, 2.75) is 32.4 Å². The highest BCUT2D eigenvalue weighted by Crippen LogP contribution is 2.35. The van der Waals surface area contributed by atoms with Crippen molar-refractivity contribution in [1.82, 2.24) is 14.9 Å². The number of carbonyl (C=O) groups excluding carboxylic acids is 2. The van der Waals surface area contributed by atoms with Crippen LogP contribution >= 0.6 is 11.6 Å². The summed E-state index contributed by atoms with van der Waals surface area (Å²) in [6, 6.07) is 8.03. The molecule has 40 heavy (non-hydrogen) atoms. The summed E-state index contributed by atoms with van der Waals surface area (Å²) in [7, 11) is 3.95. The minimum atomic E-state index is -4.66. The number of hydrogen-bond acceptors (Lipinski definition) is 5. The van der Waals surface area contributed by atoms with Crippen LogP contribution in [0.25, 0.3) is 11.0 Å². The first-order valence-corrected chi connectivity index (χ1v) is 13.1. The Morgan fingerprint density at radius 1 is 1.10 bits per heavy atom. The van der Waals surface area contributed by atoms with Crippen LogP contribution in [0.15, 0.2) is 53.6 Å². The summed E-state index contributed by atoms with van der Waals surface area (Å²) >= 11 is 6.20. The lowest BCUT2D eigenvalue weighted by Crippen LogP contribution is -2.24. The molecule has 2 amide bonds. The third kappa shape index (κ3) is 6.83. The minimum Gasteiger partial charge on any atom is -0.356 e. The Balaban J connectivity index is 1.67. The van der Waals surface area contributed by atoms with E-state index in [1.807, 2.05) is 14.1 Å². The van der Waals surface area contributed by atoms with Gasteiger partial charge >= 0.3 is 6.18 Å². The van der Waals surface area contributed by atoms with Gasteiger partial charge in [-0.15, -0.1) is 0 Å². The number of nitrogens with zero attached hydrogens (tertiary/aromatic N) is 2. The van der Waals surface area contributed by atoms with Crippen molar-refractivity contribution >= 4 is 51.8 Å². The number of anilines is 3. The van der Waals surface area contributed by atoms with Gasteiger partial charge in [-0.1, -0.05) is 29.8 Å². The van der Waals surface area contributed by atoms with E-state index in [0.29, 0.717) is 46.2 Å². The molecule has 0 fully saturated rings. The third-order valence-corrected chi connectivity index (χ3v) is 6.79. The Kier molecular flexibility index (Phi) is 8.85. The number of amides is 2. The van der Waals surface area contributed by atoms with E-state index in [-0.39, 0.29) is 17.7 Å². The molecular weight excluding hydrogens is 545 g/mol. The van der Waals surface area contributed by atoms with Crippen LogP contribution in [0.4, 0.5) is 30.5 Å². The number of H-pyrrole nitrogens is 1. The van der Waals surface area contributed by atoms with Crippen LogP contribution < -0.4 is 16.0 Å². The van der Waals surface area contributed by atoms with E-state index in [9.17, 15) is 22.8 Å². The summed E-state index contributed by atoms with van der Waals surface area (Å²) in [4.78, 5) is 36.1. The second-order valence-electron chi connectivity index (χ2n) is 9.72. The molecule has 0 spiro atoms. The highest BCUT2D eigenvalue weighted by molar-refractivity contribution is 6.31. The molecule has 4 N–H and O–H groups in total. The van der Waals surface area contributed by atoms with E-state index in [1.54, 1.807) is 25.1 Å². The summed E-state index contributed by atoms with van der Waals surface area (Å²) < 4.78 is 40.6. The zero-order valence-electron chi connectivity index (χ0n) is 22.3. The van der Waals surface area contributed by atoms with Gasteiger partial charge in [-0.25, -0.2) is 4.98 Å². The number of rotatable bonds is 9. The number of aromatic amines is 1. The summed E-state index contributed by atoms with van der Waals surface area (Å²) in [5.41, 5.74) is 0.743. The number of alkyl halides is 3. The van der Waals surface area contributed by atoms with Gasteiger partial charge < -0.3 is 25.8 Å². The fraction of sp³-hybridized carbons (Fsp3) is 0.321. The number of imidazole rings is 1. The van der Waals surface area contributed by atoms with Crippen molar-refractivity contribution in [1.29, 1.82) is 0 Å². The van der Waals surface area contributed by atoms with Gasteiger partial charge in [0.2, 0.25) is 5.95 Å². The smallest absolute Gasteiger partial charge is 0.356 e. The Bertz CT molecular complexity index is 1490. The number of benzene rings is 2. The first-order valence-electron chi connectivity index (χ1n) is 12.7. The summed E-state index contributed by atoms with van der Waals surface area (Å²) in [6.07, 6.45) is -1.01. The quantitative estimate of drug-likeness (QED) is 0.225. The van der Waals surface area contributed by atoms with Gasteiger partial charge in [0.05, 0.1) is 16.7 Å². The maximum atomic E-state index is 13.5. The average molecular weight is 575 g/mol. The predicted octanol–water partition coefficient (Wildman–Crippen LogP) is 6.29. The molecule has 8 nitrogen and oxygen atoms in total. The molecule has 2 aromatic carbocycles. The van der Waals surface area contributed by atoms with Crippen LogP contribution in [0.5, 0.6) is 0 Å². The van der Waals surface area contributed by atoms with Gasteiger partial charge in [0.15, 0.2) is 0 Å². The molecule has 0 atom stereocenters. The molecule has 3 aromatic rings. The lowest BCUT2D eigenvalue weighted by molar-refractivity contribution is -0.115. The number of aromatic nitrogens is 2. The van der Waals surface area contributed by atoms with Crippen molar-refractivity contribution < 1.29 is 22.8 Å². The molecule has 1 aromatic heterocycles. The van der Waals surface area contributed by atoms with Gasteiger partial charge in [-0.2, -0.15) is 13.2 Å². The van der Waals surface area contributed by atoms with Crippen LogP contribution in [-0.2, 0) is 4.79 Å².